The van der Waals surface area contributed by atoms with Crippen LogP contribution in [0.4, 0.5) is 0 Å². The van der Waals surface area contributed by atoms with E-state index in [2.05, 4.69) is 57.7 Å². The zero-order valence-electron chi connectivity index (χ0n) is 12.3. The third-order valence-electron chi connectivity index (χ3n) is 3.28. The molecule has 1 aromatic heterocycles. The minimum absolute atomic E-state index is 0.777. The molecule has 0 aliphatic carbocycles. The van der Waals surface area contributed by atoms with Crippen LogP contribution in [0, 0.1) is 0 Å². The van der Waals surface area contributed by atoms with Crippen molar-refractivity contribution in [2.24, 2.45) is 7.05 Å². The summed E-state index contributed by atoms with van der Waals surface area (Å²) >= 11 is 0. The number of hydrogen-bond donors (Lipinski definition) is 1. The van der Waals surface area contributed by atoms with Crippen LogP contribution < -0.4 is 5.32 Å². The van der Waals surface area contributed by atoms with Crippen LogP contribution in [0.1, 0.15) is 17.8 Å². The average Bonchev–Trinajstić information content (AvgIpc) is 2.85. The molecule has 0 saturated heterocycles. The molecule has 5 heteroatoms. The molecule has 108 valence electrons. The number of aromatic nitrogens is 3. The van der Waals surface area contributed by atoms with Crippen molar-refractivity contribution in [2.75, 3.05) is 20.1 Å². The highest BCUT2D eigenvalue weighted by Crippen LogP contribution is 2.02. The second-order valence-electron chi connectivity index (χ2n) is 5.05. The maximum atomic E-state index is 4.18. The fourth-order valence-corrected chi connectivity index (χ4v) is 2.13. The Morgan fingerprint density at radius 3 is 2.75 bits per heavy atom. The largest absolute Gasteiger partial charge is 0.310 e. The predicted molar refractivity (Wildman–Crippen MR) is 80.1 cm³/mol. The van der Waals surface area contributed by atoms with Crippen molar-refractivity contribution in [2.45, 2.75) is 19.5 Å². The highest BCUT2D eigenvalue weighted by molar-refractivity contribution is 5.14. The van der Waals surface area contributed by atoms with Gasteiger partial charge in [-0.05, 0) is 32.1 Å². The molecule has 0 aliphatic heterocycles. The van der Waals surface area contributed by atoms with Crippen LogP contribution in [0.5, 0.6) is 0 Å². The normalized spacial score (nSPS) is 11.2. The van der Waals surface area contributed by atoms with Crippen LogP contribution in [0.15, 0.2) is 36.7 Å². The number of aryl methyl sites for hydroxylation is 1. The van der Waals surface area contributed by atoms with Crippen LogP contribution in [-0.4, -0.2) is 39.8 Å². The summed E-state index contributed by atoms with van der Waals surface area (Å²) in [5.74, 6) is 0.975. The van der Waals surface area contributed by atoms with Gasteiger partial charge in [-0.15, -0.1) is 0 Å². The maximum Gasteiger partial charge on any atom is 0.140 e. The molecule has 20 heavy (non-hydrogen) atoms. The summed E-state index contributed by atoms with van der Waals surface area (Å²) in [6, 6.07) is 10.6. The van der Waals surface area contributed by atoms with Gasteiger partial charge in [0.25, 0.3) is 0 Å². The van der Waals surface area contributed by atoms with E-state index in [4.69, 9.17) is 0 Å². The summed E-state index contributed by atoms with van der Waals surface area (Å²) < 4.78 is 1.80. The highest BCUT2D eigenvalue weighted by atomic mass is 15.3. The lowest BCUT2D eigenvalue weighted by molar-refractivity contribution is 0.319. The minimum atomic E-state index is 0.777. The molecule has 0 saturated carbocycles. The molecule has 1 N–H and O–H groups in total. The Balaban J connectivity index is 1.58. The maximum absolute atomic E-state index is 4.18. The molecule has 0 unspecified atom stereocenters. The molecule has 1 aromatic carbocycles. The number of benzene rings is 1. The first-order chi connectivity index (χ1) is 9.75. The monoisotopic (exact) mass is 273 g/mol. The molecule has 1 heterocycles. The first kappa shape index (κ1) is 14.7. The van der Waals surface area contributed by atoms with Gasteiger partial charge in [0.1, 0.15) is 12.2 Å². The Kier molecular flexibility index (Phi) is 5.70. The quantitative estimate of drug-likeness (QED) is 0.739. The van der Waals surface area contributed by atoms with Gasteiger partial charge in [-0.1, -0.05) is 30.3 Å². The number of hydrogen-bond acceptors (Lipinski definition) is 4. The lowest BCUT2D eigenvalue weighted by Gasteiger charge is -2.16. The first-order valence-corrected chi connectivity index (χ1v) is 7.02. The molecule has 5 nitrogen and oxygen atoms in total. The van der Waals surface area contributed by atoms with Gasteiger partial charge < -0.3 is 10.2 Å². The summed E-state index contributed by atoms with van der Waals surface area (Å²) in [4.78, 5) is 6.53. The molecule has 2 aromatic rings. The summed E-state index contributed by atoms with van der Waals surface area (Å²) in [6.45, 7) is 3.86. The Labute approximate surface area is 120 Å². The third kappa shape index (κ3) is 4.75. The van der Waals surface area contributed by atoms with Crippen molar-refractivity contribution >= 4 is 0 Å². The van der Waals surface area contributed by atoms with E-state index in [9.17, 15) is 0 Å². The van der Waals surface area contributed by atoms with Crippen molar-refractivity contribution < 1.29 is 0 Å². The second kappa shape index (κ2) is 7.77. The predicted octanol–water partition coefficient (Wildman–Crippen LogP) is 1.43. The summed E-state index contributed by atoms with van der Waals surface area (Å²) in [6.07, 6.45) is 2.71. The fraction of sp³-hybridized carbons (Fsp3) is 0.467. The van der Waals surface area contributed by atoms with Gasteiger partial charge in [-0.3, -0.25) is 4.68 Å². The van der Waals surface area contributed by atoms with Gasteiger partial charge >= 0.3 is 0 Å². The molecule has 0 bridgehead atoms. The van der Waals surface area contributed by atoms with Crippen molar-refractivity contribution in [1.82, 2.24) is 25.0 Å². The van der Waals surface area contributed by atoms with Crippen molar-refractivity contribution in [3.8, 4) is 0 Å². The van der Waals surface area contributed by atoms with Crippen LogP contribution in [-0.2, 0) is 20.1 Å². The van der Waals surface area contributed by atoms with Crippen LogP contribution in [0.25, 0.3) is 0 Å². The van der Waals surface area contributed by atoms with Gasteiger partial charge in [-0.25, -0.2) is 4.98 Å². The standard InChI is InChI=1S/C15H23N5/c1-19(12-14-7-4-3-5-8-14)10-6-9-16-11-15-17-13-18-20(15)2/h3-5,7-8,13,16H,6,9-12H2,1-2H3. The smallest absolute Gasteiger partial charge is 0.140 e. The minimum Gasteiger partial charge on any atom is -0.310 e. The zero-order chi connectivity index (χ0) is 14.2. The Morgan fingerprint density at radius 2 is 2.05 bits per heavy atom. The molecule has 0 spiro atoms. The van der Waals surface area contributed by atoms with Gasteiger partial charge in [0.15, 0.2) is 0 Å². The van der Waals surface area contributed by atoms with E-state index in [1.807, 2.05) is 7.05 Å². The second-order valence-corrected chi connectivity index (χ2v) is 5.05. The molecular weight excluding hydrogens is 250 g/mol. The lowest BCUT2D eigenvalue weighted by atomic mass is 10.2. The van der Waals surface area contributed by atoms with Crippen LogP contribution in [0.3, 0.4) is 0 Å². The molecule has 0 radical (unpaired) electrons. The molecule has 0 amide bonds. The molecule has 2 rings (SSSR count). The molecular formula is C15H23N5. The van der Waals surface area contributed by atoms with E-state index in [-0.39, 0.29) is 0 Å². The van der Waals surface area contributed by atoms with E-state index in [1.54, 1.807) is 11.0 Å². The lowest BCUT2D eigenvalue weighted by Crippen LogP contribution is -2.24. The molecule has 0 aliphatic rings. The summed E-state index contributed by atoms with van der Waals surface area (Å²) in [5.41, 5.74) is 1.36. The van der Waals surface area contributed by atoms with Gasteiger partial charge in [0.05, 0.1) is 6.54 Å². The zero-order valence-corrected chi connectivity index (χ0v) is 12.3. The SMILES string of the molecule is CN(CCCNCc1ncnn1C)Cc1ccccc1. The summed E-state index contributed by atoms with van der Waals surface area (Å²) in [7, 11) is 4.08. The Hall–Kier alpha value is -1.72. The first-order valence-electron chi connectivity index (χ1n) is 7.02. The van der Waals surface area contributed by atoms with Gasteiger partial charge in [0.2, 0.25) is 0 Å². The summed E-state index contributed by atoms with van der Waals surface area (Å²) in [5, 5.41) is 7.45. The van der Waals surface area contributed by atoms with E-state index >= 15 is 0 Å². The number of nitrogens with one attached hydrogen (secondary N) is 1. The Bertz CT molecular complexity index is 494. The molecule has 0 fully saturated rings. The topological polar surface area (TPSA) is 46.0 Å². The number of nitrogens with zero attached hydrogens (tertiary/aromatic N) is 4. The van der Waals surface area contributed by atoms with Crippen LogP contribution >= 0.6 is 0 Å². The van der Waals surface area contributed by atoms with Gasteiger partial charge in [0, 0.05) is 13.6 Å². The van der Waals surface area contributed by atoms with E-state index in [0.29, 0.717) is 0 Å². The van der Waals surface area contributed by atoms with Crippen LogP contribution in [0.2, 0.25) is 0 Å². The highest BCUT2D eigenvalue weighted by Gasteiger charge is 2.01. The molecule has 0 atom stereocenters. The van der Waals surface area contributed by atoms with E-state index < -0.39 is 0 Å². The van der Waals surface area contributed by atoms with Crippen molar-refractivity contribution in [3.63, 3.8) is 0 Å². The van der Waals surface area contributed by atoms with Gasteiger partial charge in [-0.2, -0.15) is 5.10 Å². The number of rotatable bonds is 8. The van der Waals surface area contributed by atoms with Crippen molar-refractivity contribution in [1.29, 1.82) is 0 Å². The Morgan fingerprint density at radius 1 is 1.25 bits per heavy atom. The average molecular weight is 273 g/mol. The fourth-order valence-electron chi connectivity index (χ4n) is 2.13. The van der Waals surface area contributed by atoms with Crippen molar-refractivity contribution in [3.05, 3.63) is 48.0 Å². The van der Waals surface area contributed by atoms with E-state index in [1.165, 1.54) is 5.56 Å². The third-order valence-corrected chi connectivity index (χ3v) is 3.28. The van der Waals surface area contributed by atoms with E-state index in [0.717, 1.165) is 38.4 Å².